The lowest BCUT2D eigenvalue weighted by Crippen LogP contribution is -2.30. The molecule has 0 fully saturated rings. The minimum Gasteiger partial charge on any atom is -0.464 e. The van der Waals surface area contributed by atoms with Crippen LogP contribution in [0.4, 0.5) is 0 Å². The zero-order valence-corrected chi connectivity index (χ0v) is 12.7. The maximum Gasteiger partial charge on any atom is 0.122 e. The smallest absolute Gasteiger partial charge is 0.122 e. The van der Waals surface area contributed by atoms with E-state index in [1.807, 2.05) is 43.4 Å². The molecule has 0 aliphatic carbocycles. The summed E-state index contributed by atoms with van der Waals surface area (Å²) in [5.74, 6) is 1.91. The van der Waals surface area contributed by atoms with Crippen LogP contribution in [0.3, 0.4) is 0 Å². The summed E-state index contributed by atoms with van der Waals surface area (Å²) in [6, 6.07) is 12.0. The molecule has 0 bridgehead atoms. The largest absolute Gasteiger partial charge is 0.464 e. The molecular weight excluding hydrogens is 272 g/mol. The van der Waals surface area contributed by atoms with E-state index >= 15 is 0 Å². The Morgan fingerprint density at radius 3 is 2.60 bits per heavy atom. The predicted octanol–water partition coefficient (Wildman–Crippen LogP) is 3.63. The van der Waals surface area contributed by atoms with Crippen molar-refractivity contribution in [3.05, 3.63) is 58.5 Å². The molecule has 2 N–H and O–H groups in total. The minimum absolute atomic E-state index is 0.0616. The summed E-state index contributed by atoms with van der Waals surface area (Å²) in [5, 5.41) is 0.781. The molecule has 108 valence electrons. The SMILES string of the molecule is CCc1ccc(C(CN)N(C)Cc2ccccc2Cl)o1. The van der Waals surface area contributed by atoms with Crippen LogP contribution >= 0.6 is 11.6 Å². The van der Waals surface area contributed by atoms with Gasteiger partial charge in [-0.25, -0.2) is 0 Å². The zero-order valence-electron chi connectivity index (χ0n) is 12.0. The number of aryl methyl sites for hydroxylation is 1. The maximum absolute atomic E-state index is 6.21. The van der Waals surface area contributed by atoms with Crippen molar-refractivity contribution in [2.45, 2.75) is 25.9 Å². The van der Waals surface area contributed by atoms with Crippen LogP contribution in [0.5, 0.6) is 0 Å². The molecular formula is C16H21ClN2O. The van der Waals surface area contributed by atoms with Crippen LogP contribution in [-0.4, -0.2) is 18.5 Å². The van der Waals surface area contributed by atoms with Crippen molar-refractivity contribution < 1.29 is 4.42 Å². The van der Waals surface area contributed by atoms with Crippen LogP contribution in [0, 0.1) is 0 Å². The van der Waals surface area contributed by atoms with Gasteiger partial charge in [0.05, 0.1) is 6.04 Å². The molecule has 0 radical (unpaired) electrons. The third kappa shape index (κ3) is 3.42. The van der Waals surface area contributed by atoms with Crippen LogP contribution in [-0.2, 0) is 13.0 Å². The first-order valence-corrected chi connectivity index (χ1v) is 7.25. The van der Waals surface area contributed by atoms with Crippen molar-refractivity contribution in [1.29, 1.82) is 0 Å². The molecule has 3 nitrogen and oxygen atoms in total. The lowest BCUT2D eigenvalue weighted by Gasteiger charge is -2.25. The molecule has 4 heteroatoms. The molecule has 0 amide bonds. The quantitative estimate of drug-likeness (QED) is 0.884. The van der Waals surface area contributed by atoms with E-state index in [0.29, 0.717) is 6.54 Å². The first kappa shape index (κ1) is 15.1. The Morgan fingerprint density at radius 2 is 2.00 bits per heavy atom. The average molecular weight is 293 g/mol. The number of benzene rings is 1. The Morgan fingerprint density at radius 1 is 1.25 bits per heavy atom. The molecule has 1 aromatic carbocycles. The lowest BCUT2D eigenvalue weighted by atomic mass is 10.1. The van der Waals surface area contributed by atoms with Gasteiger partial charge in [-0.15, -0.1) is 0 Å². The minimum atomic E-state index is 0.0616. The summed E-state index contributed by atoms with van der Waals surface area (Å²) in [6.07, 6.45) is 0.894. The van der Waals surface area contributed by atoms with Gasteiger partial charge in [0.2, 0.25) is 0 Å². The van der Waals surface area contributed by atoms with Gasteiger partial charge in [-0.2, -0.15) is 0 Å². The maximum atomic E-state index is 6.21. The number of hydrogen-bond acceptors (Lipinski definition) is 3. The molecule has 20 heavy (non-hydrogen) atoms. The molecule has 0 aliphatic heterocycles. The summed E-state index contributed by atoms with van der Waals surface area (Å²) in [5.41, 5.74) is 7.01. The van der Waals surface area contributed by atoms with Crippen molar-refractivity contribution in [1.82, 2.24) is 4.90 Å². The van der Waals surface area contributed by atoms with Gasteiger partial charge >= 0.3 is 0 Å². The molecule has 2 rings (SSSR count). The highest BCUT2D eigenvalue weighted by Gasteiger charge is 2.19. The normalized spacial score (nSPS) is 12.8. The third-order valence-corrected chi connectivity index (χ3v) is 3.86. The topological polar surface area (TPSA) is 42.4 Å². The molecule has 0 aliphatic rings. The number of nitrogens with two attached hydrogens (primary N) is 1. The predicted molar refractivity (Wildman–Crippen MR) is 82.8 cm³/mol. The van der Waals surface area contributed by atoms with Crippen molar-refractivity contribution in [2.75, 3.05) is 13.6 Å². The monoisotopic (exact) mass is 292 g/mol. The molecule has 0 saturated heterocycles. The first-order valence-electron chi connectivity index (χ1n) is 6.88. The van der Waals surface area contributed by atoms with Crippen molar-refractivity contribution in [3.8, 4) is 0 Å². The molecule has 1 aromatic heterocycles. The van der Waals surface area contributed by atoms with E-state index in [4.69, 9.17) is 21.8 Å². The second-order valence-corrected chi connectivity index (χ2v) is 5.32. The summed E-state index contributed by atoms with van der Waals surface area (Å²) in [7, 11) is 2.04. The third-order valence-electron chi connectivity index (χ3n) is 3.49. The number of hydrogen-bond donors (Lipinski definition) is 1. The second-order valence-electron chi connectivity index (χ2n) is 4.92. The fourth-order valence-electron chi connectivity index (χ4n) is 2.28. The van der Waals surface area contributed by atoms with Gasteiger partial charge in [-0.1, -0.05) is 36.7 Å². The number of nitrogens with zero attached hydrogens (tertiary/aromatic N) is 1. The summed E-state index contributed by atoms with van der Waals surface area (Å²) in [4.78, 5) is 2.17. The van der Waals surface area contributed by atoms with Crippen LogP contribution in [0.25, 0.3) is 0 Å². The van der Waals surface area contributed by atoms with Crippen molar-refractivity contribution >= 4 is 11.6 Å². The van der Waals surface area contributed by atoms with Crippen LogP contribution < -0.4 is 5.73 Å². The Balaban J connectivity index is 2.13. The van der Waals surface area contributed by atoms with E-state index < -0.39 is 0 Å². The Bertz CT molecular complexity index is 553. The van der Waals surface area contributed by atoms with Gasteiger partial charge in [0.25, 0.3) is 0 Å². The Hall–Kier alpha value is -1.29. The molecule has 2 aromatic rings. The Labute approximate surface area is 125 Å². The van der Waals surface area contributed by atoms with E-state index in [1.54, 1.807) is 0 Å². The first-order chi connectivity index (χ1) is 9.65. The van der Waals surface area contributed by atoms with Gasteiger partial charge in [-0.05, 0) is 30.8 Å². The van der Waals surface area contributed by atoms with Gasteiger partial charge in [0, 0.05) is 24.5 Å². The van der Waals surface area contributed by atoms with Crippen LogP contribution in [0.2, 0.25) is 5.02 Å². The molecule has 1 unspecified atom stereocenters. The van der Waals surface area contributed by atoms with E-state index in [9.17, 15) is 0 Å². The van der Waals surface area contributed by atoms with Gasteiger partial charge in [-0.3, -0.25) is 4.90 Å². The van der Waals surface area contributed by atoms with E-state index in [-0.39, 0.29) is 6.04 Å². The van der Waals surface area contributed by atoms with Crippen molar-refractivity contribution in [3.63, 3.8) is 0 Å². The molecule has 0 saturated carbocycles. The number of rotatable bonds is 6. The molecule has 0 spiro atoms. The Kier molecular flexibility index (Phi) is 5.24. The number of halogens is 1. The second kappa shape index (κ2) is 6.93. The highest BCUT2D eigenvalue weighted by Crippen LogP contribution is 2.25. The average Bonchev–Trinajstić information content (AvgIpc) is 2.91. The number of furan rings is 1. The highest BCUT2D eigenvalue weighted by atomic mass is 35.5. The standard InChI is InChI=1S/C16H21ClN2O/c1-3-13-8-9-16(20-13)15(10-18)19(2)11-12-6-4-5-7-14(12)17/h4-9,15H,3,10-11,18H2,1-2H3. The zero-order chi connectivity index (χ0) is 14.5. The summed E-state index contributed by atoms with van der Waals surface area (Å²) >= 11 is 6.21. The highest BCUT2D eigenvalue weighted by molar-refractivity contribution is 6.31. The van der Waals surface area contributed by atoms with E-state index in [0.717, 1.165) is 35.1 Å². The van der Waals surface area contributed by atoms with Crippen molar-refractivity contribution in [2.24, 2.45) is 5.73 Å². The summed E-state index contributed by atoms with van der Waals surface area (Å²) in [6.45, 7) is 3.33. The van der Waals surface area contributed by atoms with Crippen LogP contribution in [0.1, 0.15) is 30.0 Å². The summed E-state index contributed by atoms with van der Waals surface area (Å²) < 4.78 is 5.82. The van der Waals surface area contributed by atoms with E-state index in [1.165, 1.54) is 0 Å². The lowest BCUT2D eigenvalue weighted by molar-refractivity contribution is 0.210. The number of likely N-dealkylation sites (N-methyl/N-ethyl adjacent to an activating group) is 1. The molecule has 1 heterocycles. The fourth-order valence-corrected chi connectivity index (χ4v) is 2.48. The van der Waals surface area contributed by atoms with Gasteiger partial charge in [0.1, 0.15) is 11.5 Å². The van der Waals surface area contributed by atoms with Gasteiger partial charge in [0.15, 0.2) is 0 Å². The van der Waals surface area contributed by atoms with Crippen LogP contribution in [0.15, 0.2) is 40.8 Å². The molecule has 1 atom stereocenters. The fraction of sp³-hybridized carbons (Fsp3) is 0.375. The van der Waals surface area contributed by atoms with Gasteiger partial charge < -0.3 is 10.2 Å². The van der Waals surface area contributed by atoms with E-state index in [2.05, 4.69) is 11.8 Å².